The summed E-state index contributed by atoms with van der Waals surface area (Å²) in [4.78, 5) is 37.7. The first-order valence-electron chi connectivity index (χ1n) is 10.4. The summed E-state index contributed by atoms with van der Waals surface area (Å²) in [5, 5.41) is 4.61. The van der Waals surface area contributed by atoms with Crippen LogP contribution in [0, 0.1) is 6.92 Å². The lowest BCUT2D eigenvalue weighted by atomic mass is 10.0. The van der Waals surface area contributed by atoms with Crippen molar-refractivity contribution in [3.63, 3.8) is 0 Å². The molecule has 10 nitrogen and oxygen atoms in total. The fraction of sp³-hybridized carbons (Fsp3) is 0.450. The maximum Gasteiger partial charge on any atom is 0.274 e. The smallest absolute Gasteiger partial charge is 0.274 e. The molecule has 0 N–H and O–H groups in total. The number of carbonyl (C=O) groups excluding carboxylic acids is 1. The summed E-state index contributed by atoms with van der Waals surface area (Å²) in [6.07, 6.45) is 8.36. The number of amides is 1. The van der Waals surface area contributed by atoms with Crippen LogP contribution in [-0.2, 0) is 0 Å². The Hall–Kier alpha value is -3.21. The van der Waals surface area contributed by atoms with Crippen LogP contribution in [0.3, 0.4) is 0 Å². The number of hydrogen-bond donors (Lipinski definition) is 0. The Kier molecular flexibility index (Phi) is 5.41. The standard InChI is InChI=1S/C20H21ClFN9O/c1-12-27-11-30(28-12)18-9-23-16(8-24-18)19(32)31(14-2-3-14)17-4-5-29(10-15(17)22)20-25-6-13(21)7-26-20/h6-9,11,14-15,17H,2-5,10H2,1H3/t15-,17+/m0/s1. The molecule has 0 radical (unpaired) electrons. The van der Waals surface area contributed by atoms with Gasteiger partial charge in [-0.1, -0.05) is 11.6 Å². The Morgan fingerprint density at radius 1 is 1.09 bits per heavy atom. The van der Waals surface area contributed by atoms with E-state index >= 15 is 4.39 Å². The predicted molar refractivity (Wildman–Crippen MR) is 113 cm³/mol. The van der Waals surface area contributed by atoms with Gasteiger partial charge in [-0.25, -0.2) is 34.0 Å². The number of carbonyl (C=O) groups is 1. The van der Waals surface area contributed by atoms with E-state index in [1.54, 1.807) is 16.7 Å². The maximum absolute atomic E-state index is 15.3. The van der Waals surface area contributed by atoms with Crippen LogP contribution in [0.1, 0.15) is 35.6 Å². The average molecular weight is 458 g/mol. The van der Waals surface area contributed by atoms with Gasteiger partial charge in [0.25, 0.3) is 5.91 Å². The highest BCUT2D eigenvalue weighted by Gasteiger charge is 2.44. The number of piperidine rings is 1. The van der Waals surface area contributed by atoms with Crippen molar-refractivity contribution < 1.29 is 9.18 Å². The van der Waals surface area contributed by atoms with E-state index in [9.17, 15) is 4.79 Å². The molecular formula is C20H21ClFN9O. The Labute approximate surface area is 188 Å². The topological polar surface area (TPSA) is 106 Å². The number of hydrogen-bond acceptors (Lipinski definition) is 8. The van der Waals surface area contributed by atoms with Crippen LogP contribution < -0.4 is 4.90 Å². The molecule has 5 rings (SSSR count). The third-order valence-electron chi connectivity index (χ3n) is 5.63. The lowest BCUT2D eigenvalue weighted by Crippen LogP contribution is -2.55. The van der Waals surface area contributed by atoms with Crippen molar-refractivity contribution in [1.82, 2.24) is 39.6 Å². The van der Waals surface area contributed by atoms with Gasteiger partial charge in [0.05, 0.1) is 42.4 Å². The third kappa shape index (κ3) is 4.12. The van der Waals surface area contributed by atoms with E-state index in [0.717, 1.165) is 12.8 Å². The van der Waals surface area contributed by atoms with Gasteiger partial charge in [0.2, 0.25) is 5.95 Å². The minimum Gasteiger partial charge on any atom is -0.338 e. The average Bonchev–Trinajstić information content (AvgIpc) is 3.54. The molecule has 2 aliphatic rings. The van der Waals surface area contributed by atoms with Crippen LogP contribution in [0.4, 0.5) is 10.3 Å². The van der Waals surface area contributed by atoms with Crippen molar-refractivity contribution in [1.29, 1.82) is 0 Å². The molecule has 0 bridgehead atoms. The highest BCUT2D eigenvalue weighted by atomic mass is 35.5. The first-order chi connectivity index (χ1) is 15.5. The fourth-order valence-electron chi connectivity index (χ4n) is 3.93. The molecule has 4 heterocycles. The normalized spacial score (nSPS) is 20.9. The zero-order valence-electron chi connectivity index (χ0n) is 17.3. The van der Waals surface area contributed by atoms with Crippen molar-refractivity contribution in [2.24, 2.45) is 0 Å². The molecule has 1 aliphatic carbocycles. The summed E-state index contributed by atoms with van der Waals surface area (Å²) in [7, 11) is 0. The van der Waals surface area contributed by atoms with Gasteiger partial charge in [0.1, 0.15) is 24.0 Å². The molecule has 2 atom stereocenters. The number of halogens is 2. The molecule has 166 valence electrons. The Balaban J connectivity index is 1.31. The van der Waals surface area contributed by atoms with E-state index in [-0.39, 0.29) is 24.2 Å². The molecule has 1 saturated heterocycles. The Morgan fingerprint density at radius 3 is 2.47 bits per heavy atom. The molecule has 32 heavy (non-hydrogen) atoms. The number of aromatic nitrogens is 7. The molecule has 1 saturated carbocycles. The summed E-state index contributed by atoms with van der Waals surface area (Å²) in [6.45, 7) is 2.42. The number of nitrogens with zero attached hydrogens (tertiary/aromatic N) is 9. The van der Waals surface area contributed by atoms with Crippen molar-refractivity contribution >= 4 is 23.5 Å². The largest absolute Gasteiger partial charge is 0.338 e. The second-order valence-corrected chi connectivity index (χ2v) is 8.40. The zero-order chi connectivity index (χ0) is 22.2. The molecule has 2 fully saturated rings. The van der Waals surface area contributed by atoms with Gasteiger partial charge in [-0.3, -0.25) is 4.79 Å². The highest BCUT2D eigenvalue weighted by molar-refractivity contribution is 6.30. The van der Waals surface area contributed by atoms with E-state index in [4.69, 9.17) is 11.6 Å². The molecular weight excluding hydrogens is 437 g/mol. The van der Waals surface area contributed by atoms with Gasteiger partial charge in [-0.15, -0.1) is 0 Å². The van der Waals surface area contributed by atoms with E-state index < -0.39 is 12.2 Å². The number of aryl methyl sites for hydroxylation is 1. The molecule has 0 aromatic carbocycles. The van der Waals surface area contributed by atoms with Crippen LogP contribution in [0.2, 0.25) is 5.02 Å². The summed E-state index contributed by atoms with van der Waals surface area (Å²) in [6, 6.07) is -0.499. The summed E-state index contributed by atoms with van der Waals surface area (Å²) >= 11 is 5.84. The molecule has 0 unspecified atom stereocenters. The first-order valence-corrected chi connectivity index (χ1v) is 10.8. The van der Waals surface area contributed by atoms with Gasteiger partial charge >= 0.3 is 0 Å². The fourth-order valence-corrected chi connectivity index (χ4v) is 4.03. The molecule has 12 heteroatoms. The highest BCUT2D eigenvalue weighted by Crippen LogP contribution is 2.34. The predicted octanol–water partition coefficient (Wildman–Crippen LogP) is 2.03. The van der Waals surface area contributed by atoms with Crippen LogP contribution in [0.5, 0.6) is 0 Å². The minimum atomic E-state index is -1.24. The summed E-state index contributed by atoms with van der Waals surface area (Å²) < 4.78 is 16.8. The van der Waals surface area contributed by atoms with Crippen molar-refractivity contribution in [2.75, 3.05) is 18.0 Å². The van der Waals surface area contributed by atoms with E-state index in [1.165, 1.54) is 35.8 Å². The van der Waals surface area contributed by atoms with Crippen LogP contribution in [-0.4, -0.2) is 76.9 Å². The zero-order valence-corrected chi connectivity index (χ0v) is 18.1. The lowest BCUT2D eigenvalue weighted by molar-refractivity contribution is 0.0480. The molecule has 3 aromatic heterocycles. The lowest BCUT2D eigenvalue weighted by Gasteiger charge is -2.40. The van der Waals surface area contributed by atoms with E-state index in [1.807, 2.05) is 0 Å². The number of rotatable bonds is 5. The van der Waals surface area contributed by atoms with Gasteiger partial charge in [-0.05, 0) is 26.2 Å². The van der Waals surface area contributed by atoms with Gasteiger partial charge in [0, 0.05) is 12.6 Å². The van der Waals surface area contributed by atoms with Gasteiger partial charge in [0.15, 0.2) is 5.82 Å². The van der Waals surface area contributed by atoms with E-state index in [0.29, 0.717) is 35.6 Å². The SMILES string of the molecule is Cc1ncn(-c2cnc(C(=O)N(C3CC3)[C@@H]3CCN(c4ncc(Cl)cn4)C[C@@H]3F)cn2)n1. The Morgan fingerprint density at radius 2 is 1.88 bits per heavy atom. The molecule has 1 aliphatic heterocycles. The van der Waals surface area contributed by atoms with Crippen molar-refractivity contribution in [3.05, 3.63) is 47.7 Å². The van der Waals surface area contributed by atoms with Gasteiger partial charge < -0.3 is 9.80 Å². The number of anilines is 1. The Bertz CT molecular complexity index is 1100. The van der Waals surface area contributed by atoms with E-state index in [2.05, 4.69) is 30.0 Å². The monoisotopic (exact) mass is 457 g/mol. The summed E-state index contributed by atoms with van der Waals surface area (Å²) in [5.74, 6) is 1.20. The second-order valence-electron chi connectivity index (χ2n) is 7.96. The summed E-state index contributed by atoms with van der Waals surface area (Å²) in [5.41, 5.74) is 0.188. The third-order valence-corrected chi connectivity index (χ3v) is 5.82. The number of alkyl halides is 1. The molecule has 1 amide bonds. The van der Waals surface area contributed by atoms with Crippen molar-refractivity contribution in [3.8, 4) is 5.82 Å². The first kappa shape index (κ1) is 20.7. The molecule has 3 aromatic rings. The van der Waals surface area contributed by atoms with Crippen LogP contribution >= 0.6 is 11.6 Å². The van der Waals surface area contributed by atoms with Gasteiger partial charge in [-0.2, -0.15) is 5.10 Å². The van der Waals surface area contributed by atoms with Crippen LogP contribution in [0.25, 0.3) is 5.82 Å². The maximum atomic E-state index is 15.3. The van der Waals surface area contributed by atoms with Crippen molar-refractivity contribution in [2.45, 2.75) is 44.4 Å². The minimum absolute atomic E-state index is 0.0310. The quantitative estimate of drug-likeness (QED) is 0.573. The van der Waals surface area contributed by atoms with Crippen LogP contribution in [0.15, 0.2) is 31.1 Å². The molecule has 0 spiro atoms. The second kappa shape index (κ2) is 8.38.